The molecule has 246 valence electrons. The van der Waals surface area contributed by atoms with Crippen LogP contribution in [-0.2, 0) is 15.1 Å². The highest BCUT2D eigenvalue weighted by Gasteiger charge is 2.48. The molecule has 0 unspecified atom stereocenters. The van der Waals surface area contributed by atoms with E-state index in [-0.39, 0.29) is 35.6 Å². The fourth-order valence-corrected chi connectivity index (χ4v) is 8.30. The summed E-state index contributed by atoms with van der Waals surface area (Å²) in [5, 5.41) is 9.52. The van der Waals surface area contributed by atoms with Gasteiger partial charge < -0.3 is 10.1 Å². The topological polar surface area (TPSA) is 94.8 Å². The number of halogens is 2. The lowest BCUT2D eigenvalue weighted by molar-refractivity contribution is -0.152. The molecule has 2 atom stereocenters. The van der Waals surface area contributed by atoms with Gasteiger partial charge in [0, 0.05) is 6.04 Å². The summed E-state index contributed by atoms with van der Waals surface area (Å²) in [7, 11) is 1.44. The molecular formula is C39H34ClFN6O2. The zero-order chi connectivity index (χ0) is 33.5. The molecule has 0 aliphatic heterocycles. The van der Waals surface area contributed by atoms with Gasteiger partial charge in [-0.15, -0.1) is 0 Å². The van der Waals surface area contributed by atoms with Crippen molar-refractivity contribution in [1.29, 1.82) is 0 Å². The Morgan fingerprint density at radius 3 is 2.00 bits per heavy atom. The number of aromatic nitrogens is 5. The van der Waals surface area contributed by atoms with Gasteiger partial charge in [-0.05, 0) is 60.3 Å². The van der Waals surface area contributed by atoms with Crippen molar-refractivity contribution in [2.75, 3.05) is 12.4 Å². The Hall–Kier alpha value is -5.15. The summed E-state index contributed by atoms with van der Waals surface area (Å²) >= 11 is 6.73. The normalized spacial score (nSPS) is 20.3. The van der Waals surface area contributed by atoms with Crippen LogP contribution in [0.4, 0.5) is 10.2 Å². The number of carbonyl (C=O) groups is 1. The summed E-state index contributed by atoms with van der Waals surface area (Å²) < 4.78 is 22.2. The van der Waals surface area contributed by atoms with E-state index in [9.17, 15) is 4.79 Å². The van der Waals surface area contributed by atoms with Gasteiger partial charge in [0.25, 0.3) is 0 Å². The second-order valence-electron chi connectivity index (χ2n) is 12.9. The maximum Gasteiger partial charge on any atom is 0.311 e. The average molecular weight is 673 g/mol. The molecule has 3 saturated carbocycles. The molecule has 6 aromatic rings. The van der Waals surface area contributed by atoms with Gasteiger partial charge >= 0.3 is 5.97 Å². The first kappa shape index (κ1) is 31.1. The molecule has 49 heavy (non-hydrogen) atoms. The molecule has 9 rings (SSSR count). The summed E-state index contributed by atoms with van der Waals surface area (Å²) in [5.41, 5.74) is 2.62. The fraction of sp³-hybridized carbons (Fsp3) is 0.256. The number of anilines is 1. The maximum atomic E-state index is 15.1. The summed E-state index contributed by atoms with van der Waals surface area (Å²) in [4.78, 5) is 27.1. The highest BCUT2D eigenvalue weighted by molar-refractivity contribution is 6.32. The molecule has 3 aromatic heterocycles. The monoisotopic (exact) mass is 672 g/mol. The number of benzene rings is 3. The van der Waals surface area contributed by atoms with Crippen molar-refractivity contribution in [3.05, 3.63) is 137 Å². The lowest BCUT2D eigenvalue weighted by atomic mass is 9.61. The molecule has 0 saturated heterocycles. The van der Waals surface area contributed by atoms with Crippen LogP contribution in [0.3, 0.4) is 0 Å². The first-order chi connectivity index (χ1) is 24.0. The minimum absolute atomic E-state index is 0.185. The number of fused-ring (bicyclic) bond motifs is 4. The Kier molecular flexibility index (Phi) is 8.08. The molecule has 3 aliphatic rings. The van der Waals surface area contributed by atoms with Crippen molar-refractivity contribution in [3.63, 3.8) is 0 Å². The lowest BCUT2D eigenvalue weighted by Gasteiger charge is -2.47. The van der Waals surface area contributed by atoms with E-state index in [0.717, 1.165) is 42.4 Å². The Morgan fingerprint density at radius 1 is 0.857 bits per heavy atom. The quantitative estimate of drug-likeness (QED) is 0.130. The number of carbonyl (C=O) groups excluding carboxylic acids is 1. The third-order valence-electron chi connectivity index (χ3n) is 10.3. The summed E-state index contributed by atoms with van der Waals surface area (Å²) in [6.07, 6.45) is 6.77. The van der Waals surface area contributed by atoms with E-state index >= 15 is 4.39 Å². The van der Waals surface area contributed by atoms with Gasteiger partial charge in [-0.1, -0.05) is 103 Å². The molecule has 0 amide bonds. The molecule has 8 nitrogen and oxygen atoms in total. The van der Waals surface area contributed by atoms with Crippen molar-refractivity contribution in [2.24, 2.45) is 17.8 Å². The van der Waals surface area contributed by atoms with Crippen LogP contribution >= 0.6 is 11.6 Å². The number of hydrogen-bond donors (Lipinski definition) is 1. The van der Waals surface area contributed by atoms with Crippen LogP contribution in [0.1, 0.15) is 42.4 Å². The summed E-state index contributed by atoms with van der Waals surface area (Å²) in [6.45, 7) is 0. The number of nitrogens with zero attached hydrogens (tertiary/aromatic N) is 5. The number of esters is 1. The van der Waals surface area contributed by atoms with Crippen molar-refractivity contribution in [2.45, 2.75) is 37.3 Å². The lowest BCUT2D eigenvalue weighted by Crippen LogP contribution is -2.51. The van der Waals surface area contributed by atoms with Gasteiger partial charge in [0.1, 0.15) is 27.9 Å². The molecule has 3 aliphatic carbocycles. The molecule has 1 N–H and O–H groups in total. The van der Waals surface area contributed by atoms with Gasteiger partial charge in [-0.2, -0.15) is 5.10 Å². The smallest absolute Gasteiger partial charge is 0.311 e. The van der Waals surface area contributed by atoms with E-state index in [1.165, 1.54) is 25.6 Å². The van der Waals surface area contributed by atoms with Gasteiger partial charge in [0.15, 0.2) is 11.5 Å². The van der Waals surface area contributed by atoms with E-state index in [2.05, 4.69) is 51.7 Å². The highest BCUT2D eigenvalue weighted by atomic mass is 35.5. The summed E-state index contributed by atoms with van der Waals surface area (Å²) in [6, 6.07) is 31.5. The summed E-state index contributed by atoms with van der Waals surface area (Å²) in [5.74, 6) is 0.143. The SMILES string of the molecule is COC(=O)[C@H]1C2CCC(CC2)[C@@H]1Nc1nc(-c2nn(C(c3ccccc3)(c3ccccc3)c3ccccc3)c3ncc(F)cc23)ncc1Cl. The van der Waals surface area contributed by atoms with E-state index in [1.807, 2.05) is 59.3 Å². The van der Waals surface area contributed by atoms with Crippen LogP contribution < -0.4 is 5.32 Å². The number of ether oxygens (including phenoxy) is 1. The van der Waals surface area contributed by atoms with Gasteiger partial charge in [-0.3, -0.25) is 4.79 Å². The van der Waals surface area contributed by atoms with Gasteiger partial charge in [0.05, 0.1) is 30.8 Å². The molecule has 0 spiro atoms. The first-order valence-electron chi connectivity index (χ1n) is 16.6. The molecule has 3 aromatic carbocycles. The Balaban J connectivity index is 1.33. The number of pyridine rings is 1. The van der Waals surface area contributed by atoms with Crippen molar-refractivity contribution < 1.29 is 13.9 Å². The van der Waals surface area contributed by atoms with Crippen molar-refractivity contribution in [3.8, 4) is 11.5 Å². The van der Waals surface area contributed by atoms with Crippen molar-refractivity contribution in [1.82, 2.24) is 24.7 Å². The van der Waals surface area contributed by atoms with Crippen LogP contribution in [0.25, 0.3) is 22.6 Å². The van der Waals surface area contributed by atoms with Crippen LogP contribution in [0.2, 0.25) is 5.02 Å². The molecule has 0 radical (unpaired) electrons. The first-order valence-corrected chi connectivity index (χ1v) is 17.0. The van der Waals surface area contributed by atoms with Crippen LogP contribution in [0, 0.1) is 23.6 Å². The number of nitrogens with one attached hydrogen (secondary N) is 1. The molecule has 3 fully saturated rings. The highest BCUT2D eigenvalue weighted by Crippen LogP contribution is 2.47. The van der Waals surface area contributed by atoms with Crippen LogP contribution in [0.15, 0.2) is 109 Å². The minimum Gasteiger partial charge on any atom is -0.469 e. The molecular weight excluding hydrogens is 639 g/mol. The second kappa shape index (κ2) is 12.7. The van der Waals surface area contributed by atoms with E-state index in [1.54, 1.807) is 0 Å². The average Bonchev–Trinajstić information content (AvgIpc) is 3.53. The van der Waals surface area contributed by atoms with Crippen LogP contribution in [0.5, 0.6) is 0 Å². The molecule has 2 bridgehead atoms. The zero-order valence-corrected chi connectivity index (χ0v) is 27.6. The number of hydrogen-bond acceptors (Lipinski definition) is 7. The third kappa shape index (κ3) is 5.24. The second-order valence-corrected chi connectivity index (χ2v) is 13.3. The van der Waals surface area contributed by atoms with E-state index in [0.29, 0.717) is 27.6 Å². The predicted octanol–water partition coefficient (Wildman–Crippen LogP) is 7.91. The number of methoxy groups -OCH3 is 1. The molecule has 10 heteroatoms. The van der Waals surface area contributed by atoms with Crippen molar-refractivity contribution >= 4 is 34.4 Å². The fourth-order valence-electron chi connectivity index (χ4n) is 8.15. The van der Waals surface area contributed by atoms with Gasteiger partial charge in [-0.25, -0.2) is 24.0 Å². The van der Waals surface area contributed by atoms with Crippen LogP contribution in [-0.4, -0.2) is 43.9 Å². The standard InChI is InChI=1S/C39H34ClFN6O2/c1-49-38(48)32-24-17-19-25(20-18-24)33(32)44-35-31(40)23-42-36(45-35)34-30-21-29(41)22-43-37(30)47(46-34)39(26-11-5-2-6-12-26,27-13-7-3-8-14-27)28-15-9-4-10-16-28/h2-16,21-25,32-33H,17-20H2,1H3,(H,42,44,45)/t24?,25?,32-,33-/m0/s1. The Labute approximate surface area is 288 Å². The number of rotatable bonds is 8. The third-order valence-corrected chi connectivity index (χ3v) is 10.6. The Bertz CT molecular complexity index is 2020. The molecule has 3 heterocycles. The Morgan fingerprint density at radius 2 is 1.43 bits per heavy atom. The van der Waals surface area contributed by atoms with Gasteiger partial charge in [0.2, 0.25) is 0 Å². The zero-order valence-electron chi connectivity index (χ0n) is 26.8. The predicted molar refractivity (Wildman–Crippen MR) is 186 cm³/mol. The van der Waals surface area contributed by atoms with E-state index in [4.69, 9.17) is 26.4 Å². The largest absolute Gasteiger partial charge is 0.469 e. The minimum atomic E-state index is -1.01. The maximum absolute atomic E-state index is 15.1. The van der Waals surface area contributed by atoms with E-state index < -0.39 is 11.4 Å².